The average molecular weight is 892 g/mol. The highest BCUT2D eigenvalue weighted by Gasteiger charge is 2.19. The third-order valence-corrected chi connectivity index (χ3v) is 10.3. The minimum Gasteiger partial charge on any atom is -0.492 e. The SMILES string of the molecule is CN(C)CCOc1ccc(NC(=O)c2ccc(-c3ccccc3F)c3nccnc23)cc1.Nc1ccc(CN2CCOCC2)nc1.O=C(O)c1ccc(-c2ccccc2F)c2nccnc12. The van der Waals surface area contributed by atoms with Crippen LogP contribution in [-0.4, -0.2) is 105 Å². The molecule has 1 fully saturated rings. The van der Waals surface area contributed by atoms with E-state index in [4.69, 9.17) is 20.3 Å². The number of halogens is 2. The summed E-state index contributed by atoms with van der Waals surface area (Å²) in [4.78, 5) is 49.7. The fourth-order valence-electron chi connectivity index (χ4n) is 6.96. The van der Waals surface area contributed by atoms with Crippen LogP contribution in [0.15, 0.2) is 140 Å². The Morgan fingerprint density at radius 1 is 0.697 bits per heavy atom. The molecule has 0 unspecified atom stereocenters. The molecule has 0 aliphatic carbocycles. The quantitative estimate of drug-likeness (QED) is 0.113. The van der Waals surface area contributed by atoms with Gasteiger partial charge in [-0.3, -0.25) is 34.6 Å². The second-order valence-electron chi connectivity index (χ2n) is 15.2. The highest BCUT2D eigenvalue weighted by molar-refractivity contribution is 6.13. The minimum atomic E-state index is -1.09. The lowest BCUT2D eigenvalue weighted by Gasteiger charge is -2.26. The molecule has 0 bridgehead atoms. The van der Waals surface area contributed by atoms with Crippen LogP contribution >= 0.6 is 0 Å². The zero-order chi connectivity index (χ0) is 46.4. The predicted molar refractivity (Wildman–Crippen MR) is 250 cm³/mol. The van der Waals surface area contributed by atoms with E-state index in [1.165, 1.54) is 43.0 Å². The van der Waals surface area contributed by atoms with Crippen molar-refractivity contribution in [3.8, 4) is 28.0 Å². The van der Waals surface area contributed by atoms with Gasteiger partial charge in [-0.05, 0) is 74.8 Å². The molecular formula is C50H47F2N9O5. The predicted octanol–water partition coefficient (Wildman–Crippen LogP) is 8.26. The second kappa shape index (κ2) is 22.2. The summed E-state index contributed by atoms with van der Waals surface area (Å²) in [6, 6.07) is 30.1. The summed E-state index contributed by atoms with van der Waals surface area (Å²) < 4.78 is 39.2. The van der Waals surface area contributed by atoms with Gasteiger partial charge in [0.15, 0.2) is 0 Å². The molecule has 0 radical (unpaired) electrons. The summed E-state index contributed by atoms with van der Waals surface area (Å²) >= 11 is 0. The number of hydrogen-bond acceptors (Lipinski definition) is 12. The number of nitrogen functional groups attached to an aromatic ring is 1. The summed E-state index contributed by atoms with van der Waals surface area (Å²) in [6.45, 7) is 5.93. The lowest BCUT2D eigenvalue weighted by molar-refractivity contribution is 0.0336. The lowest BCUT2D eigenvalue weighted by Crippen LogP contribution is -2.35. The third-order valence-electron chi connectivity index (χ3n) is 10.3. The Labute approximate surface area is 379 Å². The number of rotatable bonds is 11. The Morgan fingerprint density at radius 3 is 1.77 bits per heavy atom. The summed E-state index contributed by atoms with van der Waals surface area (Å²) in [7, 11) is 3.97. The first-order valence-electron chi connectivity index (χ1n) is 21.0. The molecule has 1 aliphatic heterocycles. The molecule has 0 spiro atoms. The second-order valence-corrected chi connectivity index (χ2v) is 15.2. The van der Waals surface area contributed by atoms with Gasteiger partial charge < -0.3 is 30.5 Å². The van der Waals surface area contributed by atoms with Crippen LogP contribution in [0.25, 0.3) is 44.3 Å². The molecule has 9 rings (SSSR count). The Hall–Kier alpha value is -7.79. The normalized spacial score (nSPS) is 12.4. The van der Waals surface area contributed by atoms with Gasteiger partial charge in [0.1, 0.15) is 35.0 Å². The molecule has 14 nitrogen and oxygen atoms in total. The van der Waals surface area contributed by atoms with Crippen LogP contribution < -0.4 is 15.8 Å². The van der Waals surface area contributed by atoms with Gasteiger partial charge in [0.2, 0.25) is 0 Å². The Morgan fingerprint density at radius 2 is 1.24 bits per heavy atom. The number of amides is 1. The first kappa shape index (κ1) is 46.2. The third kappa shape index (κ3) is 11.9. The van der Waals surface area contributed by atoms with Gasteiger partial charge in [0.05, 0.1) is 53.0 Å². The van der Waals surface area contributed by atoms with Gasteiger partial charge in [0.25, 0.3) is 5.91 Å². The highest BCUT2D eigenvalue weighted by Crippen LogP contribution is 2.32. The average Bonchev–Trinajstić information content (AvgIpc) is 3.33. The number of morpholine rings is 1. The van der Waals surface area contributed by atoms with Crippen molar-refractivity contribution in [1.29, 1.82) is 0 Å². The van der Waals surface area contributed by atoms with E-state index in [0.29, 0.717) is 56.7 Å². The van der Waals surface area contributed by atoms with Crippen LogP contribution in [0, 0.1) is 11.6 Å². The number of carbonyl (C=O) groups is 2. The molecule has 0 saturated carbocycles. The van der Waals surface area contributed by atoms with E-state index in [2.05, 4.69) is 35.1 Å². The van der Waals surface area contributed by atoms with E-state index in [-0.39, 0.29) is 28.6 Å². The molecule has 0 atom stereocenters. The van der Waals surface area contributed by atoms with E-state index in [9.17, 15) is 18.4 Å². The summed E-state index contributed by atoms with van der Waals surface area (Å²) in [5.74, 6) is -1.42. The number of aromatic carboxylic acids is 1. The van der Waals surface area contributed by atoms with Crippen LogP contribution in [0.2, 0.25) is 0 Å². The van der Waals surface area contributed by atoms with Crippen molar-refractivity contribution in [3.05, 3.63) is 169 Å². The zero-order valence-corrected chi connectivity index (χ0v) is 36.3. The summed E-state index contributed by atoms with van der Waals surface area (Å²) in [6.07, 6.45) is 7.63. The molecule has 66 heavy (non-hydrogen) atoms. The van der Waals surface area contributed by atoms with Crippen LogP contribution in [0.5, 0.6) is 5.75 Å². The van der Waals surface area contributed by atoms with Gasteiger partial charge in [-0.1, -0.05) is 48.5 Å². The van der Waals surface area contributed by atoms with Gasteiger partial charge in [-0.15, -0.1) is 0 Å². The Kier molecular flexibility index (Phi) is 15.6. The van der Waals surface area contributed by atoms with Gasteiger partial charge in [0, 0.05) is 78.9 Å². The molecule has 16 heteroatoms. The molecule has 1 saturated heterocycles. The lowest BCUT2D eigenvalue weighted by atomic mass is 10.00. The number of carboxylic acids is 1. The number of anilines is 2. The van der Waals surface area contributed by atoms with E-state index < -0.39 is 5.97 Å². The monoisotopic (exact) mass is 891 g/mol. The number of likely N-dealkylation sites (N-methyl/N-ethyl adjacent to an activating group) is 1. The van der Waals surface area contributed by atoms with E-state index in [1.54, 1.807) is 72.9 Å². The number of hydrogen-bond donors (Lipinski definition) is 3. The molecule has 1 aliphatic rings. The standard InChI is InChI=1S/C25H23FN4O2.C15H9FN2O2.C10H15N3O/c1-30(2)15-16-32-18-9-7-17(8-10-18)29-25(31)21-12-11-20(19-5-3-4-6-22(19)26)23-24(21)28-14-13-27-23;16-12-4-2-1-3-9(12)10-5-6-11(15(19)20)14-13(10)17-7-8-18-14;11-9-1-2-10(12-7-9)8-13-3-5-14-6-4-13/h3-14H,15-16H2,1-2H3,(H,29,31);1-8H,(H,19,20);1-2,7H,3-6,8,11H2. The molecule has 5 aromatic carbocycles. The number of fused-ring (bicyclic) bond motifs is 2. The molecule has 4 N–H and O–H groups in total. The van der Waals surface area contributed by atoms with Gasteiger partial charge in [-0.25, -0.2) is 13.6 Å². The number of ether oxygens (including phenoxy) is 2. The van der Waals surface area contributed by atoms with Crippen molar-refractivity contribution >= 4 is 45.3 Å². The Bertz CT molecular complexity index is 2920. The Balaban J connectivity index is 0.000000162. The summed E-state index contributed by atoms with van der Waals surface area (Å²) in [5.41, 5.74) is 11.8. The van der Waals surface area contributed by atoms with Crippen molar-refractivity contribution in [3.63, 3.8) is 0 Å². The van der Waals surface area contributed by atoms with Crippen LogP contribution in [0.1, 0.15) is 26.4 Å². The summed E-state index contributed by atoms with van der Waals surface area (Å²) in [5, 5.41) is 12.0. The maximum absolute atomic E-state index is 14.4. The molecular weight excluding hydrogens is 845 g/mol. The van der Waals surface area contributed by atoms with Gasteiger partial charge >= 0.3 is 5.97 Å². The van der Waals surface area contributed by atoms with E-state index >= 15 is 0 Å². The van der Waals surface area contributed by atoms with Crippen molar-refractivity contribution in [2.75, 3.05) is 64.6 Å². The number of carbonyl (C=O) groups excluding carboxylic acids is 1. The van der Waals surface area contributed by atoms with Crippen LogP contribution in [0.4, 0.5) is 20.2 Å². The first-order valence-corrected chi connectivity index (χ1v) is 21.0. The fourth-order valence-corrected chi connectivity index (χ4v) is 6.96. The van der Waals surface area contributed by atoms with Crippen LogP contribution in [0.3, 0.4) is 0 Å². The minimum absolute atomic E-state index is 0.0492. The molecule has 3 aromatic heterocycles. The first-order chi connectivity index (χ1) is 32.0. The van der Waals surface area contributed by atoms with Crippen molar-refractivity contribution in [2.24, 2.45) is 0 Å². The maximum Gasteiger partial charge on any atom is 0.337 e. The van der Waals surface area contributed by atoms with Crippen LogP contribution in [-0.2, 0) is 11.3 Å². The highest BCUT2D eigenvalue weighted by atomic mass is 19.1. The zero-order valence-electron chi connectivity index (χ0n) is 36.3. The number of carboxylic acid groups (broad SMARTS) is 1. The number of aromatic nitrogens is 5. The maximum atomic E-state index is 14.4. The number of nitrogens with two attached hydrogens (primary N) is 1. The van der Waals surface area contributed by atoms with Gasteiger partial charge in [-0.2, -0.15) is 0 Å². The topological polar surface area (TPSA) is 182 Å². The van der Waals surface area contributed by atoms with Crippen molar-refractivity contribution in [1.82, 2.24) is 34.7 Å². The molecule has 1 amide bonds. The number of nitrogens with zero attached hydrogens (tertiary/aromatic N) is 7. The van der Waals surface area contributed by atoms with E-state index in [1.807, 2.05) is 43.3 Å². The molecule has 4 heterocycles. The number of benzene rings is 5. The molecule has 8 aromatic rings. The largest absolute Gasteiger partial charge is 0.492 e. The fraction of sp³-hybridized carbons (Fsp3) is 0.180. The number of nitrogens with one attached hydrogen (secondary N) is 1. The van der Waals surface area contributed by atoms with Crippen molar-refractivity contribution in [2.45, 2.75) is 6.54 Å². The molecule has 336 valence electrons. The van der Waals surface area contributed by atoms with Crippen molar-refractivity contribution < 1.29 is 33.0 Å². The van der Waals surface area contributed by atoms with E-state index in [0.717, 1.165) is 56.5 Å². The number of pyridine rings is 1. The smallest absolute Gasteiger partial charge is 0.337 e.